The maximum Gasteiger partial charge on any atom is 0.339 e. The van der Waals surface area contributed by atoms with Gasteiger partial charge in [-0.2, -0.15) is 0 Å². The van der Waals surface area contributed by atoms with Crippen LogP contribution < -0.4 is 4.72 Å². The van der Waals surface area contributed by atoms with Crippen LogP contribution in [0.25, 0.3) is 0 Å². The zero-order valence-electron chi connectivity index (χ0n) is 11.1. The summed E-state index contributed by atoms with van der Waals surface area (Å²) in [7, 11) is -0.276. The van der Waals surface area contributed by atoms with Gasteiger partial charge < -0.3 is 4.74 Å². The summed E-state index contributed by atoms with van der Waals surface area (Å²) in [5.41, 5.74) is 1.86. The lowest BCUT2D eigenvalue weighted by Gasteiger charge is -2.09. The first kappa shape index (κ1) is 14.2. The fourth-order valence-corrected chi connectivity index (χ4v) is 2.67. The van der Waals surface area contributed by atoms with Crippen molar-refractivity contribution in [3.05, 3.63) is 53.9 Å². The van der Waals surface area contributed by atoms with Gasteiger partial charge in [0.1, 0.15) is 0 Å². The van der Waals surface area contributed by atoms with E-state index in [1.807, 2.05) is 13.0 Å². The van der Waals surface area contributed by atoms with Gasteiger partial charge in [0, 0.05) is 6.20 Å². The van der Waals surface area contributed by atoms with Gasteiger partial charge in [0.15, 0.2) is 11.0 Å². The van der Waals surface area contributed by atoms with Crippen molar-refractivity contribution in [2.24, 2.45) is 0 Å². The Labute approximate surface area is 119 Å². The molecule has 0 amide bonds. The minimum atomic E-state index is -1.57. The van der Waals surface area contributed by atoms with Gasteiger partial charge in [0.2, 0.25) is 0 Å². The quantitative estimate of drug-likeness (QED) is 0.877. The minimum Gasteiger partial charge on any atom is -0.465 e. The van der Waals surface area contributed by atoms with Gasteiger partial charge in [-0.3, -0.25) is 9.71 Å². The van der Waals surface area contributed by atoms with Gasteiger partial charge in [0.05, 0.1) is 29.5 Å². The number of aromatic nitrogens is 1. The molecule has 1 unspecified atom stereocenters. The summed E-state index contributed by atoms with van der Waals surface area (Å²) >= 11 is 0. The van der Waals surface area contributed by atoms with Gasteiger partial charge in [-0.1, -0.05) is 12.1 Å². The Hall–Kier alpha value is -2.21. The van der Waals surface area contributed by atoms with Gasteiger partial charge in [0.25, 0.3) is 0 Å². The summed E-state index contributed by atoms with van der Waals surface area (Å²) in [5.74, 6) is -0.516. The van der Waals surface area contributed by atoms with E-state index in [-0.39, 0.29) is 5.56 Å². The van der Waals surface area contributed by atoms with E-state index in [1.165, 1.54) is 7.11 Å². The molecule has 1 atom stereocenters. The first-order valence-corrected chi connectivity index (χ1v) is 7.04. The molecule has 0 fully saturated rings. The third kappa shape index (κ3) is 3.21. The summed E-state index contributed by atoms with van der Waals surface area (Å²) in [6.07, 6.45) is 3.28. The summed E-state index contributed by atoms with van der Waals surface area (Å²) < 4.78 is 19.8. The van der Waals surface area contributed by atoms with E-state index >= 15 is 0 Å². The molecule has 20 heavy (non-hydrogen) atoms. The molecule has 0 aliphatic carbocycles. The number of carbonyl (C=O) groups excluding carboxylic acids is 1. The fraction of sp³-hybridized carbons (Fsp3) is 0.143. The Balaban J connectivity index is 2.28. The Morgan fingerprint density at radius 3 is 2.75 bits per heavy atom. The number of nitrogens with zero attached hydrogens (tertiary/aromatic N) is 1. The number of anilines is 1. The number of hydrogen-bond donors (Lipinski definition) is 1. The van der Waals surface area contributed by atoms with Gasteiger partial charge in [-0.15, -0.1) is 0 Å². The molecule has 2 rings (SSSR count). The highest BCUT2D eigenvalue weighted by Gasteiger charge is 2.16. The van der Waals surface area contributed by atoms with Gasteiger partial charge >= 0.3 is 5.97 Å². The maximum atomic E-state index is 12.3. The van der Waals surface area contributed by atoms with Crippen LogP contribution in [-0.4, -0.2) is 22.3 Å². The molecule has 6 heteroatoms. The molecule has 0 aliphatic heterocycles. The fourth-order valence-electron chi connectivity index (χ4n) is 1.68. The number of methoxy groups -OCH3 is 1. The van der Waals surface area contributed by atoms with Crippen LogP contribution in [0.4, 0.5) is 5.69 Å². The lowest BCUT2D eigenvalue weighted by Crippen LogP contribution is -2.11. The van der Waals surface area contributed by atoms with Crippen molar-refractivity contribution in [1.82, 2.24) is 4.98 Å². The third-order valence-corrected chi connectivity index (χ3v) is 3.75. The number of benzene rings is 1. The SMILES string of the molecule is COC(=O)c1ccccc1S(=O)Nc1cncc(C)c1. The van der Waals surface area contributed by atoms with E-state index in [0.717, 1.165) is 5.56 Å². The standard InChI is InChI=1S/C14H14N2O3S/c1-10-7-11(9-15-8-10)16-20(18)13-6-4-3-5-12(13)14(17)19-2/h3-9,16H,1-2H3. The average Bonchev–Trinajstić information content (AvgIpc) is 2.46. The number of rotatable bonds is 4. The Morgan fingerprint density at radius 2 is 2.05 bits per heavy atom. The molecular weight excluding hydrogens is 276 g/mol. The van der Waals surface area contributed by atoms with E-state index < -0.39 is 17.0 Å². The monoisotopic (exact) mass is 290 g/mol. The Kier molecular flexibility index (Phi) is 4.47. The molecule has 0 aliphatic rings. The lowest BCUT2D eigenvalue weighted by molar-refractivity contribution is 0.0596. The number of hydrogen-bond acceptors (Lipinski definition) is 4. The third-order valence-electron chi connectivity index (χ3n) is 2.58. The van der Waals surface area contributed by atoms with Crippen molar-refractivity contribution >= 4 is 22.6 Å². The average molecular weight is 290 g/mol. The second-order valence-electron chi connectivity index (χ2n) is 4.11. The van der Waals surface area contributed by atoms with Crippen LogP contribution in [-0.2, 0) is 15.7 Å². The van der Waals surface area contributed by atoms with Crippen LogP contribution in [0.5, 0.6) is 0 Å². The number of carbonyl (C=O) groups is 1. The zero-order chi connectivity index (χ0) is 14.5. The van der Waals surface area contributed by atoms with Gasteiger partial charge in [-0.05, 0) is 30.7 Å². The smallest absolute Gasteiger partial charge is 0.339 e. The molecule has 0 saturated carbocycles. The van der Waals surface area contributed by atoms with E-state index in [0.29, 0.717) is 10.6 Å². The minimum absolute atomic E-state index is 0.279. The molecule has 1 aromatic heterocycles. The molecule has 2 aromatic rings. The highest BCUT2D eigenvalue weighted by molar-refractivity contribution is 7.86. The van der Waals surface area contributed by atoms with Crippen LogP contribution in [0.15, 0.2) is 47.6 Å². The maximum absolute atomic E-state index is 12.3. The zero-order valence-corrected chi connectivity index (χ0v) is 11.9. The molecule has 0 bridgehead atoms. The normalized spacial score (nSPS) is 11.7. The predicted octanol–water partition coefficient (Wildman–Crippen LogP) is 2.31. The topological polar surface area (TPSA) is 68.3 Å². The Bertz CT molecular complexity index is 658. The highest BCUT2D eigenvalue weighted by Crippen LogP contribution is 2.17. The van der Waals surface area contributed by atoms with Gasteiger partial charge in [-0.25, -0.2) is 9.00 Å². The van der Waals surface area contributed by atoms with Crippen LogP contribution in [0, 0.1) is 6.92 Å². The number of pyridine rings is 1. The number of nitrogens with one attached hydrogen (secondary N) is 1. The Morgan fingerprint density at radius 1 is 1.30 bits per heavy atom. The van der Waals surface area contributed by atoms with Crippen molar-refractivity contribution < 1.29 is 13.7 Å². The predicted molar refractivity (Wildman–Crippen MR) is 76.8 cm³/mol. The first-order chi connectivity index (χ1) is 9.61. The molecule has 0 saturated heterocycles. The molecule has 104 valence electrons. The summed E-state index contributed by atoms with van der Waals surface area (Å²) in [6, 6.07) is 8.44. The molecular formula is C14H14N2O3S. The van der Waals surface area contributed by atoms with E-state index in [4.69, 9.17) is 0 Å². The van der Waals surface area contributed by atoms with Crippen LogP contribution in [0.1, 0.15) is 15.9 Å². The molecule has 1 heterocycles. The molecule has 1 N–H and O–H groups in total. The van der Waals surface area contributed by atoms with Crippen LogP contribution in [0.2, 0.25) is 0 Å². The van der Waals surface area contributed by atoms with E-state index in [9.17, 15) is 9.00 Å². The lowest BCUT2D eigenvalue weighted by atomic mass is 10.2. The number of aryl methyl sites for hydroxylation is 1. The van der Waals surface area contributed by atoms with Crippen molar-refractivity contribution in [3.63, 3.8) is 0 Å². The number of esters is 1. The molecule has 0 spiro atoms. The van der Waals surface area contributed by atoms with Crippen molar-refractivity contribution in [2.75, 3.05) is 11.8 Å². The molecule has 5 nitrogen and oxygen atoms in total. The summed E-state index contributed by atoms with van der Waals surface area (Å²) in [6.45, 7) is 1.89. The highest BCUT2D eigenvalue weighted by atomic mass is 32.2. The molecule has 1 aromatic carbocycles. The molecule has 0 radical (unpaired) electrons. The number of ether oxygens (including phenoxy) is 1. The van der Waals surface area contributed by atoms with Crippen LogP contribution in [0.3, 0.4) is 0 Å². The summed E-state index contributed by atoms with van der Waals surface area (Å²) in [4.78, 5) is 16.0. The van der Waals surface area contributed by atoms with E-state index in [1.54, 1.807) is 36.7 Å². The summed E-state index contributed by atoms with van der Waals surface area (Å²) in [5, 5.41) is 0. The first-order valence-electron chi connectivity index (χ1n) is 5.89. The van der Waals surface area contributed by atoms with E-state index in [2.05, 4.69) is 14.4 Å². The largest absolute Gasteiger partial charge is 0.465 e. The van der Waals surface area contributed by atoms with Crippen molar-refractivity contribution in [1.29, 1.82) is 0 Å². The second-order valence-corrected chi connectivity index (χ2v) is 5.29. The van der Waals surface area contributed by atoms with Crippen LogP contribution >= 0.6 is 0 Å². The van der Waals surface area contributed by atoms with Crippen molar-refractivity contribution in [2.45, 2.75) is 11.8 Å². The van der Waals surface area contributed by atoms with Crippen molar-refractivity contribution in [3.8, 4) is 0 Å². The second kappa shape index (κ2) is 6.29.